The van der Waals surface area contributed by atoms with Crippen molar-refractivity contribution < 1.29 is 28.2 Å². The number of carbonyl (C=O) groups excluding carboxylic acids is 1. The van der Waals surface area contributed by atoms with E-state index in [0.717, 1.165) is 45.3 Å². The van der Waals surface area contributed by atoms with Gasteiger partial charge in [0.1, 0.15) is 5.54 Å². The summed E-state index contributed by atoms with van der Waals surface area (Å²) in [5.41, 5.74) is 5.70. The van der Waals surface area contributed by atoms with Gasteiger partial charge in [0.2, 0.25) is 0 Å². The lowest BCUT2D eigenvalue weighted by molar-refractivity contribution is -0.143. The summed E-state index contributed by atoms with van der Waals surface area (Å²) in [6.45, 7) is 5.13. The Morgan fingerprint density at radius 3 is 2.08 bits per heavy atom. The van der Waals surface area contributed by atoms with E-state index in [2.05, 4.69) is 33.9 Å². The molecule has 1 heterocycles. The highest BCUT2D eigenvalue weighted by Gasteiger charge is 2.44. The Labute approximate surface area is 208 Å². The molecule has 1 aliphatic rings. The number of rotatable bonds is 7. The Hall–Kier alpha value is -3.76. The summed E-state index contributed by atoms with van der Waals surface area (Å²) in [5.74, 6) is 8.88. The molecule has 0 radical (unpaired) electrons. The molecular weight excluding hydrogens is 468 g/mol. The van der Waals surface area contributed by atoms with E-state index in [9.17, 15) is 23.5 Å². The van der Waals surface area contributed by atoms with E-state index in [0.29, 0.717) is 5.56 Å². The first-order valence-corrected chi connectivity index (χ1v) is 11.3. The minimum absolute atomic E-state index is 0.0834. The maximum atomic E-state index is 13.1. The van der Waals surface area contributed by atoms with Gasteiger partial charge in [-0.05, 0) is 60.7 Å². The largest absolute Gasteiger partial charge is 0.480 e. The molecule has 3 rings (SSSR count). The average molecular weight is 496 g/mol. The minimum Gasteiger partial charge on any atom is -0.480 e. The Morgan fingerprint density at radius 1 is 1.06 bits per heavy atom. The number of benzene rings is 2. The van der Waals surface area contributed by atoms with Crippen LogP contribution < -0.4 is 11.1 Å². The van der Waals surface area contributed by atoms with Crippen molar-refractivity contribution in [3.8, 4) is 23.7 Å². The molecule has 2 atom stereocenters. The Bertz CT molecular complexity index is 1180. The number of morpholine rings is 1. The maximum Gasteiger partial charge on any atom is 0.328 e. The van der Waals surface area contributed by atoms with Crippen LogP contribution in [0.25, 0.3) is 0 Å². The smallest absolute Gasteiger partial charge is 0.328 e. The van der Waals surface area contributed by atoms with Crippen LogP contribution in [0.4, 0.5) is 8.78 Å². The Morgan fingerprint density at radius 2 is 1.58 bits per heavy atom. The third-order valence-electron chi connectivity index (χ3n) is 5.70. The van der Waals surface area contributed by atoms with Crippen LogP contribution >= 0.6 is 0 Å². The molecule has 1 saturated heterocycles. The van der Waals surface area contributed by atoms with Crippen LogP contribution in [0.5, 0.6) is 0 Å². The van der Waals surface area contributed by atoms with Gasteiger partial charge in [0, 0.05) is 36.3 Å². The first-order valence-electron chi connectivity index (χ1n) is 11.3. The molecule has 0 saturated carbocycles. The number of hydrogen-bond donors (Lipinski definition) is 3. The van der Waals surface area contributed by atoms with Crippen molar-refractivity contribution in [1.29, 1.82) is 0 Å². The fraction of sp³-hybridized carbons (Fsp3) is 0.333. The van der Waals surface area contributed by atoms with Gasteiger partial charge >= 0.3 is 5.97 Å². The normalized spacial score (nSPS) is 16.0. The summed E-state index contributed by atoms with van der Waals surface area (Å²) in [7, 11) is 0. The molecule has 0 bridgehead atoms. The lowest BCUT2D eigenvalue weighted by Gasteiger charge is -2.30. The van der Waals surface area contributed by atoms with Gasteiger partial charge < -0.3 is 20.9 Å². The van der Waals surface area contributed by atoms with Crippen LogP contribution in [0.2, 0.25) is 0 Å². The molecule has 7 nitrogen and oxygen atoms in total. The highest BCUT2D eigenvalue weighted by molar-refractivity contribution is 5.97. The zero-order valence-corrected chi connectivity index (χ0v) is 19.8. The molecular formula is C27H27F2N3O4. The molecule has 0 spiro atoms. The van der Waals surface area contributed by atoms with Gasteiger partial charge in [0.05, 0.1) is 13.2 Å². The van der Waals surface area contributed by atoms with E-state index in [1.807, 2.05) is 24.3 Å². The monoisotopic (exact) mass is 495 g/mol. The number of nitrogens with zero attached hydrogens (tertiary/aromatic N) is 1. The summed E-state index contributed by atoms with van der Waals surface area (Å²) in [6, 6.07) is 11.9. The number of amides is 1. The highest BCUT2D eigenvalue weighted by Crippen LogP contribution is 2.18. The van der Waals surface area contributed by atoms with E-state index in [1.54, 1.807) is 12.1 Å². The Kier molecular flexibility index (Phi) is 9.15. The fourth-order valence-electron chi connectivity index (χ4n) is 3.45. The number of nitrogens with one attached hydrogen (secondary N) is 1. The summed E-state index contributed by atoms with van der Waals surface area (Å²) < 4.78 is 31.6. The summed E-state index contributed by atoms with van der Waals surface area (Å²) in [4.78, 5) is 26.0. The molecule has 1 fully saturated rings. The van der Waals surface area contributed by atoms with Gasteiger partial charge in [0.15, 0.2) is 6.04 Å². The van der Waals surface area contributed by atoms with E-state index in [-0.39, 0.29) is 5.56 Å². The second-order valence-corrected chi connectivity index (χ2v) is 8.57. The van der Waals surface area contributed by atoms with Crippen molar-refractivity contribution in [2.75, 3.05) is 26.3 Å². The predicted molar refractivity (Wildman–Crippen MR) is 130 cm³/mol. The minimum atomic E-state index is -3.15. The molecule has 0 unspecified atom stereocenters. The zero-order valence-electron chi connectivity index (χ0n) is 19.8. The number of alkyl halides is 2. The lowest BCUT2D eigenvalue weighted by atomic mass is 9.93. The van der Waals surface area contributed by atoms with Crippen molar-refractivity contribution in [1.82, 2.24) is 10.2 Å². The molecule has 9 heteroatoms. The third-order valence-corrected chi connectivity index (χ3v) is 5.70. The van der Waals surface area contributed by atoms with Crippen LogP contribution in [0.15, 0.2) is 48.5 Å². The number of halogens is 2. The van der Waals surface area contributed by atoms with Gasteiger partial charge in [0.25, 0.3) is 12.3 Å². The second kappa shape index (κ2) is 12.3. The lowest BCUT2D eigenvalue weighted by Crippen LogP contribution is -2.64. The summed E-state index contributed by atoms with van der Waals surface area (Å²) in [5, 5.41) is 11.3. The van der Waals surface area contributed by atoms with Crippen LogP contribution in [-0.4, -0.2) is 66.2 Å². The van der Waals surface area contributed by atoms with Crippen molar-refractivity contribution >= 4 is 11.9 Å². The zero-order chi connectivity index (χ0) is 26.1. The molecule has 4 N–H and O–H groups in total. The number of carboxylic acid groups (broad SMARTS) is 1. The van der Waals surface area contributed by atoms with Crippen LogP contribution in [-0.2, 0) is 16.1 Å². The first kappa shape index (κ1) is 26.8. The molecule has 36 heavy (non-hydrogen) atoms. The first-order chi connectivity index (χ1) is 17.2. The highest BCUT2D eigenvalue weighted by atomic mass is 19.3. The Balaban J connectivity index is 1.57. The number of carboxylic acids is 1. The van der Waals surface area contributed by atoms with Crippen LogP contribution in [0.1, 0.15) is 34.0 Å². The second-order valence-electron chi connectivity index (χ2n) is 8.57. The van der Waals surface area contributed by atoms with Crippen LogP contribution in [0.3, 0.4) is 0 Å². The standard InChI is InChI=1S/C27H27F2N3O4/c1-27(30,26(28)29)23(25(34)35)31-24(33)22-12-10-20(11-13-22)5-3-2-4-19-6-8-21(9-7-19)18-32-14-16-36-17-15-32/h6-13,23,26H,14-18,30H2,1H3,(H,31,33)(H,34,35)/t23-,27+/m1/s1. The van der Waals surface area contributed by atoms with E-state index >= 15 is 0 Å². The number of carbonyl (C=O) groups is 2. The molecule has 188 valence electrons. The van der Waals surface area contributed by atoms with Gasteiger partial charge in [-0.15, -0.1) is 0 Å². The number of aliphatic carboxylic acids is 1. The van der Waals surface area contributed by atoms with Crippen molar-refractivity contribution in [3.63, 3.8) is 0 Å². The quantitative estimate of drug-likeness (QED) is 0.508. The topological polar surface area (TPSA) is 105 Å². The summed E-state index contributed by atoms with van der Waals surface area (Å²) in [6.07, 6.45) is -3.15. The SMILES string of the molecule is C[C@@](N)(C(F)F)[C@H](NC(=O)c1ccc(C#CC#Cc2ccc(CN3CCOCC3)cc2)cc1)C(=O)O. The average Bonchev–Trinajstić information content (AvgIpc) is 2.86. The van der Waals surface area contributed by atoms with Crippen molar-refractivity contribution in [2.45, 2.75) is 31.5 Å². The number of nitrogens with two attached hydrogens (primary N) is 1. The number of hydrogen-bond acceptors (Lipinski definition) is 5. The molecule has 1 aliphatic heterocycles. The molecule has 0 aromatic heterocycles. The van der Waals surface area contributed by atoms with Gasteiger partial charge in [-0.2, -0.15) is 0 Å². The molecule has 2 aromatic carbocycles. The third kappa shape index (κ3) is 7.37. The predicted octanol–water partition coefficient (Wildman–Crippen LogP) is 2.09. The van der Waals surface area contributed by atoms with Gasteiger partial charge in [-0.1, -0.05) is 24.0 Å². The van der Waals surface area contributed by atoms with Crippen molar-refractivity contribution in [2.24, 2.45) is 5.73 Å². The van der Waals surface area contributed by atoms with E-state index in [1.165, 1.54) is 17.7 Å². The number of ether oxygens (including phenoxy) is 1. The fourth-order valence-corrected chi connectivity index (χ4v) is 3.45. The summed E-state index contributed by atoms with van der Waals surface area (Å²) >= 11 is 0. The van der Waals surface area contributed by atoms with E-state index in [4.69, 9.17) is 10.5 Å². The van der Waals surface area contributed by atoms with E-state index < -0.39 is 29.9 Å². The van der Waals surface area contributed by atoms with Crippen molar-refractivity contribution in [3.05, 3.63) is 70.8 Å². The van der Waals surface area contributed by atoms with Gasteiger partial charge in [-0.25, -0.2) is 13.6 Å². The van der Waals surface area contributed by atoms with Gasteiger partial charge in [-0.3, -0.25) is 9.69 Å². The maximum absolute atomic E-state index is 13.1. The molecule has 0 aliphatic carbocycles. The van der Waals surface area contributed by atoms with Crippen LogP contribution in [0, 0.1) is 23.7 Å². The molecule has 2 aromatic rings. The molecule has 1 amide bonds.